The Morgan fingerprint density at radius 1 is 1.41 bits per heavy atom. The molecule has 2 aromatic rings. The molecule has 1 aromatic carbocycles. The van der Waals surface area contributed by atoms with E-state index in [0.29, 0.717) is 11.5 Å². The van der Waals surface area contributed by atoms with Crippen LogP contribution in [0.1, 0.15) is 29.0 Å². The maximum Gasteiger partial charge on any atom is 0.269 e. The van der Waals surface area contributed by atoms with E-state index in [9.17, 15) is 4.79 Å². The Bertz CT molecular complexity index is 506. The molecule has 5 nitrogen and oxygen atoms in total. The second-order valence-electron chi connectivity index (χ2n) is 3.81. The largest absolute Gasteiger partial charge is 0.382 e. The predicted octanol–water partition coefficient (Wildman–Crippen LogP) is 1.48. The van der Waals surface area contributed by atoms with Gasteiger partial charge in [-0.3, -0.25) is 9.89 Å². The molecule has 5 heteroatoms. The van der Waals surface area contributed by atoms with Crippen LogP contribution in [-0.4, -0.2) is 16.1 Å². The average molecular weight is 230 g/mol. The van der Waals surface area contributed by atoms with E-state index in [1.807, 2.05) is 37.3 Å². The van der Waals surface area contributed by atoms with Gasteiger partial charge < -0.3 is 11.1 Å². The maximum absolute atomic E-state index is 11.8. The van der Waals surface area contributed by atoms with Gasteiger partial charge in [-0.15, -0.1) is 0 Å². The molecule has 0 bridgehead atoms. The van der Waals surface area contributed by atoms with Gasteiger partial charge in [-0.05, 0) is 12.5 Å². The van der Waals surface area contributed by atoms with Crippen molar-refractivity contribution in [3.05, 3.63) is 47.7 Å². The molecule has 0 aliphatic heterocycles. The number of benzene rings is 1. The minimum Gasteiger partial charge on any atom is -0.382 e. The first-order chi connectivity index (χ1) is 8.16. The quantitative estimate of drug-likeness (QED) is 0.746. The summed E-state index contributed by atoms with van der Waals surface area (Å²) in [6, 6.07) is 11.2. The van der Waals surface area contributed by atoms with Crippen LogP contribution in [0.25, 0.3) is 0 Å². The number of nitrogens with one attached hydrogen (secondary N) is 2. The number of rotatable bonds is 3. The van der Waals surface area contributed by atoms with Crippen molar-refractivity contribution in [3.8, 4) is 0 Å². The third-order valence-corrected chi connectivity index (χ3v) is 2.49. The smallest absolute Gasteiger partial charge is 0.269 e. The summed E-state index contributed by atoms with van der Waals surface area (Å²) in [6.45, 7) is 1.92. The van der Waals surface area contributed by atoms with Crippen LogP contribution in [0.15, 0.2) is 36.4 Å². The highest BCUT2D eigenvalue weighted by Crippen LogP contribution is 2.12. The number of hydrogen-bond donors (Lipinski definition) is 3. The molecule has 0 saturated carbocycles. The van der Waals surface area contributed by atoms with Gasteiger partial charge in [-0.1, -0.05) is 30.3 Å². The van der Waals surface area contributed by atoms with Gasteiger partial charge in [-0.25, -0.2) is 0 Å². The summed E-state index contributed by atoms with van der Waals surface area (Å²) in [5.41, 5.74) is 6.85. The molecule has 88 valence electrons. The minimum atomic E-state index is -0.217. The Kier molecular flexibility index (Phi) is 3.09. The van der Waals surface area contributed by atoms with E-state index in [1.165, 1.54) is 6.07 Å². The molecule has 1 atom stereocenters. The van der Waals surface area contributed by atoms with Gasteiger partial charge in [0.1, 0.15) is 11.5 Å². The number of aromatic amines is 1. The number of H-pyrrole nitrogens is 1. The number of amides is 1. The summed E-state index contributed by atoms with van der Waals surface area (Å²) >= 11 is 0. The van der Waals surface area contributed by atoms with Gasteiger partial charge in [0.2, 0.25) is 0 Å². The normalized spacial score (nSPS) is 12.1. The van der Waals surface area contributed by atoms with Crippen molar-refractivity contribution in [1.29, 1.82) is 0 Å². The molecule has 17 heavy (non-hydrogen) atoms. The van der Waals surface area contributed by atoms with Gasteiger partial charge in [0.15, 0.2) is 0 Å². The van der Waals surface area contributed by atoms with Crippen molar-refractivity contribution in [2.45, 2.75) is 13.0 Å². The number of carbonyl (C=O) groups is 1. The fourth-order valence-corrected chi connectivity index (χ4v) is 1.55. The van der Waals surface area contributed by atoms with Crippen LogP contribution < -0.4 is 11.1 Å². The number of nitrogens with zero attached hydrogens (tertiary/aromatic N) is 1. The molecular weight excluding hydrogens is 216 g/mol. The molecule has 1 aromatic heterocycles. The summed E-state index contributed by atoms with van der Waals surface area (Å²) in [6.07, 6.45) is 0. The van der Waals surface area contributed by atoms with Crippen molar-refractivity contribution < 1.29 is 4.79 Å². The lowest BCUT2D eigenvalue weighted by Gasteiger charge is -2.13. The van der Waals surface area contributed by atoms with E-state index in [1.54, 1.807) is 0 Å². The molecule has 0 aliphatic rings. The van der Waals surface area contributed by atoms with Gasteiger partial charge in [0, 0.05) is 6.07 Å². The second-order valence-corrected chi connectivity index (χ2v) is 3.81. The van der Waals surface area contributed by atoms with E-state index in [2.05, 4.69) is 15.5 Å². The standard InChI is InChI=1S/C12H14N4O/c1-8(9-5-3-2-4-6-9)14-12(17)10-7-11(13)16-15-10/h2-8H,1H3,(H,14,17)(H3,13,15,16). The topological polar surface area (TPSA) is 83.8 Å². The number of hydrogen-bond acceptors (Lipinski definition) is 3. The third-order valence-electron chi connectivity index (χ3n) is 2.49. The van der Waals surface area contributed by atoms with Gasteiger partial charge in [-0.2, -0.15) is 5.10 Å². The molecule has 0 aliphatic carbocycles. The van der Waals surface area contributed by atoms with Crippen LogP contribution in [0.2, 0.25) is 0 Å². The van der Waals surface area contributed by atoms with Crippen LogP contribution in [0.5, 0.6) is 0 Å². The molecule has 4 N–H and O–H groups in total. The van der Waals surface area contributed by atoms with Crippen LogP contribution >= 0.6 is 0 Å². The van der Waals surface area contributed by atoms with Crippen molar-refractivity contribution in [3.63, 3.8) is 0 Å². The van der Waals surface area contributed by atoms with Crippen LogP contribution in [-0.2, 0) is 0 Å². The molecule has 1 unspecified atom stereocenters. The molecule has 1 heterocycles. The van der Waals surface area contributed by atoms with Crippen molar-refractivity contribution in [2.75, 3.05) is 5.73 Å². The highest BCUT2D eigenvalue weighted by molar-refractivity contribution is 5.93. The summed E-state index contributed by atoms with van der Waals surface area (Å²) in [4.78, 5) is 11.8. The van der Waals surface area contributed by atoms with Crippen molar-refractivity contribution >= 4 is 11.7 Å². The third kappa shape index (κ3) is 2.63. The maximum atomic E-state index is 11.8. The lowest BCUT2D eigenvalue weighted by molar-refractivity contribution is 0.0935. The molecule has 0 fully saturated rings. The van der Waals surface area contributed by atoms with Crippen LogP contribution in [0, 0.1) is 0 Å². The lowest BCUT2D eigenvalue weighted by atomic mass is 10.1. The second kappa shape index (κ2) is 4.69. The fourth-order valence-electron chi connectivity index (χ4n) is 1.55. The summed E-state index contributed by atoms with van der Waals surface area (Å²) < 4.78 is 0. The highest BCUT2D eigenvalue weighted by Gasteiger charge is 2.12. The minimum absolute atomic E-state index is 0.0618. The lowest BCUT2D eigenvalue weighted by Crippen LogP contribution is -2.26. The van der Waals surface area contributed by atoms with Gasteiger partial charge in [0.25, 0.3) is 5.91 Å². The fraction of sp³-hybridized carbons (Fsp3) is 0.167. The van der Waals surface area contributed by atoms with Crippen molar-refractivity contribution in [2.24, 2.45) is 0 Å². The molecule has 1 amide bonds. The summed E-state index contributed by atoms with van der Waals surface area (Å²) in [5.74, 6) is 0.0908. The Balaban J connectivity index is 2.04. The zero-order valence-electron chi connectivity index (χ0n) is 9.47. The van der Waals surface area contributed by atoms with Crippen LogP contribution in [0.4, 0.5) is 5.82 Å². The molecular formula is C12H14N4O. The van der Waals surface area contributed by atoms with E-state index in [4.69, 9.17) is 5.73 Å². The van der Waals surface area contributed by atoms with Gasteiger partial charge >= 0.3 is 0 Å². The molecule has 0 saturated heterocycles. The molecule has 2 rings (SSSR count). The number of anilines is 1. The number of nitrogens with two attached hydrogens (primary N) is 1. The summed E-state index contributed by atoms with van der Waals surface area (Å²) in [7, 11) is 0. The SMILES string of the molecule is CC(NC(=O)c1cc(N)n[nH]1)c1ccccc1. The Labute approximate surface area is 99.0 Å². The van der Waals surface area contributed by atoms with Crippen molar-refractivity contribution in [1.82, 2.24) is 15.5 Å². The highest BCUT2D eigenvalue weighted by atomic mass is 16.2. The Morgan fingerprint density at radius 3 is 2.71 bits per heavy atom. The number of carbonyl (C=O) groups excluding carboxylic acids is 1. The first kappa shape index (κ1) is 11.2. The average Bonchev–Trinajstić information content (AvgIpc) is 2.77. The first-order valence-electron chi connectivity index (χ1n) is 5.33. The molecule has 0 spiro atoms. The zero-order valence-corrected chi connectivity index (χ0v) is 9.47. The van der Waals surface area contributed by atoms with E-state index < -0.39 is 0 Å². The van der Waals surface area contributed by atoms with E-state index in [-0.39, 0.29) is 11.9 Å². The Morgan fingerprint density at radius 2 is 2.12 bits per heavy atom. The van der Waals surface area contributed by atoms with Gasteiger partial charge in [0.05, 0.1) is 6.04 Å². The predicted molar refractivity (Wildman–Crippen MR) is 65.3 cm³/mol. The first-order valence-corrected chi connectivity index (χ1v) is 5.33. The Hall–Kier alpha value is -2.30. The summed E-state index contributed by atoms with van der Waals surface area (Å²) in [5, 5.41) is 9.14. The monoisotopic (exact) mass is 230 g/mol. The zero-order chi connectivity index (χ0) is 12.3. The number of nitrogen functional groups attached to an aromatic ring is 1. The van der Waals surface area contributed by atoms with E-state index in [0.717, 1.165) is 5.56 Å². The number of aromatic nitrogens is 2. The van der Waals surface area contributed by atoms with Crippen LogP contribution in [0.3, 0.4) is 0 Å². The molecule has 0 radical (unpaired) electrons. The van der Waals surface area contributed by atoms with E-state index >= 15 is 0 Å².